The van der Waals surface area contributed by atoms with Gasteiger partial charge in [0.1, 0.15) is 6.54 Å². The molecular formula is C23H24BrNO5. The van der Waals surface area contributed by atoms with Crippen molar-refractivity contribution >= 4 is 39.3 Å². The van der Waals surface area contributed by atoms with E-state index >= 15 is 0 Å². The van der Waals surface area contributed by atoms with Crippen molar-refractivity contribution in [2.24, 2.45) is 0 Å². The highest BCUT2D eigenvalue weighted by Gasteiger charge is 2.51. The van der Waals surface area contributed by atoms with Gasteiger partial charge in [-0.2, -0.15) is 0 Å². The van der Waals surface area contributed by atoms with Crippen molar-refractivity contribution in [3.05, 3.63) is 63.6 Å². The van der Waals surface area contributed by atoms with Crippen molar-refractivity contribution in [3.8, 4) is 0 Å². The molecule has 3 rings (SSSR count). The maximum Gasteiger partial charge on any atom is 0.326 e. The van der Waals surface area contributed by atoms with Crippen molar-refractivity contribution in [1.82, 2.24) is 0 Å². The number of nitrogens with zero attached hydrogens (tertiary/aromatic N) is 1. The highest BCUT2D eigenvalue weighted by atomic mass is 79.9. The first-order valence-corrected chi connectivity index (χ1v) is 10.7. The van der Waals surface area contributed by atoms with E-state index in [-0.39, 0.29) is 18.9 Å². The summed E-state index contributed by atoms with van der Waals surface area (Å²) in [6.45, 7) is 3.85. The number of carbonyl (C=O) groups is 3. The number of fused-ring (bicyclic) bond motifs is 1. The molecule has 0 spiro atoms. The molecule has 0 aromatic heterocycles. The molecule has 6 nitrogen and oxygen atoms in total. The fraction of sp³-hybridized carbons (Fsp3) is 0.348. The van der Waals surface area contributed by atoms with Gasteiger partial charge in [0, 0.05) is 15.6 Å². The minimum atomic E-state index is -2.05. The van der Waals surface area contributed by atoms with E-state index in [0.29, 0.717) is 21.3 Å². The summed E-state index contributed by atoms with van der Waals surface area (Å²) < 4.78 is 5.83. The van der Waals surface area contributed by atoms with Crippen molar-refractivity contribution < 1.29 is 24.2 Å². The lowest BCUT2D eigenvalue weighted by atomic mass is 9.88. The van der Waals surface area contributed by atoms with E-state index in [1.807, 2.05) is 13.8 Å². The number of unbranched alkanes of at least 4 members (excludes halogenated alkanes) is 1. The molecule has 0 fully saturated rings. The van der Waals surface area contributed by atoms with E-state index in [1.54, 1.807) is 42.5 Å². The summed E-state index contributed by atoms with van der Waals surface area (Å²) in [5, 5.41) is 11.3. The topological polar surface area (TPSA) is 83.9 Å². The number of anilines is 1. The zero-order valence-electron chi connectivity index (χ0n) is 17.0. The molecule has 1 aliphatic heterocycles. The maximum absolute atomic E-state index is 13.2. The zero-order valence-corrected chi connectivity index (χ0v) is 18.6. The van der Waals surface area contributed by atoms with Crippen LogP contribution in [0.2, 0.25) is 0 Å². The number of hydrogen-bond acceptors (Lipinski definition) is 5. The van der Waals surface area contributed by atoms with E-state index in [4.69, 9.17) is 4.74 Å². The van der Waals surface area contributed by atoms with E-state index < -0.39 is 23.9 Å². The van der Waals surface area contributed by atoms with Crippen LogP contribution < -0.4 is 4.90 Å². The molecule has 0 radical (unpaired) electrons. The number of Topliss-reactive ketones (excluding diaryl/α,β-unsaturated/α-hetero) is 1. The Labute approximate surface area is 184 Å². The van der Waals surface area contributed by atoms with Crippen LogP contribution in [0.3, 0.4) is 0 Å². The molecule has 0 saturated carbocycles. The molecule has 1 aliphatic rings. The molecule has 0 bridgehead atoms. The Bertz CT molecular complexity index is 972. The molecule has 30 heavy (non-hydrogen) atoms. The van der Waals surface area contributed by atoms with Gasteiger partial charge in [0.25, 0.3) is 5.91 Å². The second kappa shape index (κ2) is 9.10. The van der Waals surface area contributed by atoms with Gasteiger partial charge in [-0.1, -0.05) is 59.1 Å². The largest absolute Gasteiger partial charge is 0.464 e. The van der Waals surface area contributed by atoms with Gasteiger partial charge in [0.15, 0.2) is 11.4 Å². The first-order chi connectivity index (χ1) is 14.3. The van der Waals surface area contributed by atoms with Crippen molar-refractivity contribution in [3.63, 3.8) is 0 Å². The van der Waals surface area contributed by atoms with E-state index in [0.717, 1.165) is 18.4 Å². The van der Waals surface area contributed by atoms with Crippen LogP contribution in [0, 0.1) is 6.92 Å². The number of ether oxygens (including phenoxy) is 1. The molecule has 2 aromatic carbocycles. The van der Waals surface area contributed by atoms with Gasteiger partial charge in [0.05, 0.1) is 18.7 Å². The number of ketones is 1. The van der Waals surface area contributed by atoms with Crippen LogP contribution in [0.15, 0.2) is 46.9 Å². The van der Waals surface area contributed by atoms with Crippen molar-refractivity contribution in [1.29, 1.82) is 0 Å². The molecule has 2 aromatic rings. The van der Waals surface area contributed by atoms with Crippen LogP contribution >= 0.6 is 15.9 Å². The lowest BCUT2D eigenvalue weighted by molar-refractivity contribution is -0.144. The third kappa shape index (κ3) is 4.47. The Kier molecular flexibility index (Phi) is 6.73. The molecule has 1 unspecified atom stereocenters. The van der Waals surface area contributed by atoms with Gasteiger partial charge in [0.2, 0.25) is 0 Å². The quantitative estimate of drug-likeness (QED) is 0.357. The van der Waals surface area contributed by atoms with Gasteiger partial charge in [-0.3, -0.25) is 19.3 Å². The van der Waals surface area contributed by atoms with E-state index in [1.165, 1.54) is 4.90 Å². The van der Waals surface area contributed by atoms with Crippen LogP contribution in [0.1, 0.15) is 47.7 Å². The predicted molar refractivity (Wildman–Crippen MR) is 116 cm³/mol. The average Bonchev–Trinajstić information content (AvgIpc) is 2.90. The highest BCUT2D eigenvalue weighted by molar-refractivity contribution is 9.10. The number of amides is 1. The van der Waals surface area contributed by atoms with Gasteiger partial charge >= 0.3 is 5.97 Å². The first-order valence-electron chi connectivity index (χ1n) is 9.86. The molecule has 7 heteroatoms. The van der Waals surface area contributed by atoms with E-state index in [2.05, 4.69) is 15.9 Å². The number of aliphatic hydroxyl groups is 1. The summed E-state index contributed by atoms with van der Waals surface area (Å²) in [6, 6.07) is 11.9. The van der Waals surface area contributed by atoms with Gasteiger partial charge in [-0.25, -0.2) is 0 Å². The molecule has 0 saturated heterocycles. The number of halogens is 1. The number of hydrogen-bond donors (Lipinski definition) is 1. The fourth-order valence-corrected chi connectivity index (χ4v) is 3.79. The Hall–Kier alpha value is -2.51. The smallest absolute Gasteiger partial charge is 0.326 e. The molecule has 1 atom stereocenters. The van der Waals surface area contributed by atoms with Gasteiger partial charge in [-0.15, -0.1) is 0 Å². The van der Waals surface area contributed by atoms with Gasteiger partial charge in [-0.05, 0) is 31.5 Å². The lowest BCUT2D eigenvalue weighted by Crippen LogP contribution is -2.44. The Morgan fingerprint density at radius 3 is 2.53 bits per heavy atom. The predicted octanol–water partition coefficient (Wildman–Crippen LogP) is 3.91. The molecular weight excluding hydrogens is 450 g/mol. The van der Waals surface area contributed by atoms with Crippen molar-refractivity contribution in [2.75, 3.05) is 18.1 Å². The summed E-state index contributed by atoms with van der Waals surface area (Å²) >= 11 is 3.35. The van der Waals surface area contributed by atoms with Gasteiger partial charge < -0.3 is 9.84 Å². The number of rotatable bonds is 8. The fourth-order valence-electron chi connectivity index (χ4n) is 3.43. The summed E-state index contributed by atoms with van der Waals surface area (Å²) in [6.07, 6.45) is 1.20. The molecule has 1 amide bonds. The third-order valence-electron chi connectivity index (χ3n) is 5.13. The Balaban J connectivity index is 1.88. The second-order valence-corrected chi connectivity index (χ2v) is 8.37. The maximum atomic E-state index is 13.2. The SMILES string of the molecule is CCCCOC(=O)CN1C(=O)C(O)(CC(=O)c2ccc(C)cc2)c2cc(Br)ccc21. The van der Waals surface area contributed by atoms with Crippen LogP contribution in [0.5, 0.6) is 0 Å². The molecule has 1 heterocycles. The summed E-state index contributed by atoms with van der Waals surface area (Å²) in [7, 11) is 0. The number of esters is 1. The number of aryl methyl sites for hydroxylation is 1. The molecule has 1 N–H and O–H groups in total. The van der Waals surface area contributed by atoms with Crippen molar-refractivity contribution in [2.45, 2.75) is 38.7 Å². The summed E-state index contributed by atoms with van der Waals surface area (Å²) in [5.74, 6) is -1.62. The zero-order chi connectivity index (χ0) is 21.9. The monoisotopic (exact) mass is 473 g/mol. The number of benzene rings is 2. The Morgan fingerprint density at radius 2 is 1.87 bits per heavy atom. The minimum Gasteiger partial charge on any atom is -0.464 e. The second-order valence-electron chi connectivity index (χ2n) is 7.45. The summed E-state index contributed by atoms with van der Waals surface area (Å²) in [4.78, 5) is 39.4. The van der Waals surface area contributed by atoms with Crippen LogP contribution in [0.25, 0.3) is 0 Å². The Morgan fingerprint density at radius 1 is 1.17 bits per heavy atom. The molecule has 158 valence electrons. The standard InChI is InChI=1S/C23H24BrNO5/c1-3-4-11-30-21(27)14-25-19-10-9-17(24)12-18(19)23(29,22(25)28)13-20(26)16-7-5-15(2)6-8-16/h5-10,12,29H,3-4,11,13-14H2,1-2H3. The highest BCUT2D eigenvalue weighted by Crippen LogP contribution is 2.44. The van der Waals surface area contributed by atoms with Crippen LogP contribution in [-0.2, 0) is 19.9 Å². The average molecular weight is 474 g/mol. The summed E-state index contributed by atoms with van der Waals surface area (Å²) in [5.41, 5.74) is 0.0590. The first kappa shape index (κ1) is 22.2. The van der Waals surface area contributed by atoms with E-state index in [9.17, 15) is 19.5 Å². The normalized spacial score (nSPS) is 17.7. The molecule has 0 aliphatic carbocycles. The van der Waals surface area contributed by atoms with Crippen LogP contribution in [0.4, 0.5) is 5.69 Å². The number of carbonyl (C=O) groups excluding carboxylic acids is 3. The van der Waals surface area contributed by atoms with Crippen LogP contribution in [-0.4, -0.2) is 35.9 Å². The minimum absolute atomic E-state index is 0.279. The lowest BCUT2D eigenvalue weighted by Gasteiger charge is -2.22. The third-order valence-corrected chi connectivity index (χ3v) is 5.63.